The third-order valence-electron chi connectivity index (χ3n) is 2.22. The second kappa shape index (κ2) is 12.1. The number of carboxylic acids is 1. The van der Waals surface area contributed by atoms with Crippen LogP contribution in [0.3, 0.4) is 0 Å². The van der Waals surface area contributed by atoms with Gasteiger partial charge in [-0.25, -0.2) is 9.59 Å². The topological polar surface area (TPSA) is 97.7 Å². The lowest BCUT2D eigenvalue weighted by molar-refractivity contribution is 0.0599. The van der Waals surface area contributed by atoms with Gasteiger partial charge in [0.1, 0.15) is 0 Å². The number of hydrogen-bond donors (Lipinski definition) is 1. The largest absolute Gasteiger partial charge is 0.478 e. The number of benzene rings is 2. The van der Waals surface area contributed by atoms with Gasteiger partial charge >= 0.3 is 11.9 Å². The number of ether oxygens (including phenoxy) is 1. The number of hydrogen-bond acceptors (Lipinski definition) is 6. The molecule has 0 unspecified atom stereocenters. The maximum absolute atomic E-state index is 10.8. The van der Waals surface area contributed by atoms with Crippen LogP contribution >= 0.6 is 0 Å². The summed E-state index contributed by atoms with van der Waals surface area (Å²) in [6, 6.07) is 17.2. The Kier molecular flexibility index (Phi) is 10.6. The van der Waals surface area contributed by atoms with E-state index in [9.17, 15) is 9.59 Å². The minimum absolute atomic E-state index is 0.291. The summed E-state index contributed by atoms with van der Waals surface area (Å²) in [6.45, 7) is 0. The summed E-state index contributed by atoms with van der Waals surface area (Å²) < 4.78 is 21.2. The Balaban J connectivity index is 0.000000342. The molecule has 0 bridgehead atoms. The van der Waals surface area contributed by atoms with E-state index in [1.54, 1.807) is 54.6 Å². The smallest absolute Gasteiger partial charge is 0.337 e. The summed E-state index contributed by atoms with van der Waals surface area (Å²) in [5.74, 6) is -1.17. The fourth-order valence-corrected chi connectivity index (χ4v) is 1.27. The van der Waals surface area contributed by atoms with Crippen LogP contribution in [0, 0.1) is 0 Å². The quantitative estimate of drug-likeness (QED) is 0.517. The van der Waals surface area contributed by atoms with Crippen molar-refractivity contribution in [2.75, 3.05) is 7.11 Å². The number of thiol groups is 1. The first kappa shape index (κ1) is 19.3. The summed E-state index contributed by atoms with van der Waals surface area (Å²) in [5, 5.41) is 8.38. The molecule has 6 nitrogen and oxygen atoms in total. The van der Waals surface area contributed by atoms with Gasteiger partial charge < -0.3 is 18.3 Å². The zero-order chi connectivity index (χ0) is 16.8. The van der Waals surface area contributed by atoms with E-state index < -0.39 is 17.5 Å². The molecule has 118 valence electrons. The normalized spacial score (nSPS) is 8.41. The molecule has 2 aromatic rings. The van der Waals surface area contributed by atoms with E-state index >= 15 is 0 Å². The molecular formula is C15H15O6S-. The molecule has 0 aliphatic carbocycles. The van der Waals surface area contributed by atoms with E-state index in [0.717, 1.165) is 0 Å². The fourth-order valence-electron chi connectivity index (χ4n) is 1.27. The molecular weight excluding hydrogens is 308 g/mol. The third kappa shape index (κ3) is 8.49. The summed E-state index contributed by atoms with van der Waals surface area (Å²) in [5.41, 5.74) is 0.919. The Morgan fingerprint density at radius 3 is 1.50 bits per heavy atom. The van der Waals surface area contributed by atoms with Gasteiger partial charge in [-0.1, -0.05) is 48.0 Å². The van der Waals surface area contributed by atoms with Crippen molar-refractivity contribution in [1.82, 2.24) is 0 Å². The molecule has 0 spiro atoms. The van der Waals surface area contributed by atoms with Crippen molar-refractivity contribution < 1.29 is 27.9 Å². The Morgan fingerprint density at radius 1 is 0.864 bits per heavy atom. The highest BCUT2D eigenvalue weighted by Gasteiger charge is 2.00. The van der Waals surface area contributed by atoms with E-state index in [-0.39, 0.29) is 5.97 Å². The minimum Gasteiger partial charge on any atom is -0.478 e. The van der Waals surface area contributed by atoms with Gasteiger partial charge in [-0.05, 0) is 24.3 Å². The molecule has 7 heteroatoms. The van der Waals surface area contributed by atoms with Gasteiger partial charge in [0.15, 0.2) is 0 Å². The van der Waals surface area contributed by atoms with Crippen LogP contribution in [0.4, 0.5) is 0 Å². The van der Waals surface area contributed by atoms with Crippen LogP contribution in [-0.2, 0) is 24.7 Å². The van der Waals surface area contributed by atoms with Gasteiger partial charge in [0.2, 0.25) is 0 Å². The Bertz CT molecular complexity index is 606. The number of carbonyl (C=O) groups is 2. The molecule has 22 heavy (non-hydrogen) atoms. The Hall–Kier alpha value is -2.67. The van der Waals surface area contributed by atoms with Crippen molar-refractivity contribution in [3.8, 4) is 0 Å². The van der Waals surface area contributed by atoms with E-state index in [2.05, 4.69) is 4.74 Å². The van der Waals surface area contributed by atoms with Crippen LogP contribution < -0.4 is 0 Å². The van der Waals surface area contributed by atoms with Gasteiger partial charge in [-0.3, -0.25) is 0 Å². The Labute approximate surface area is 131 Å². The molecule has 0 saturated heterocycles. The Morgan fingerprint density at radius 2 is 1.23 bits per heavy atom. The van der Waals surface area contributed by atoms with E-state index in [4.69, 9.17) is 13.5 Å². The minimum atomic E-state index is -1.08. The predicted octanol–water partition coefficient (Wildman–Crippen LogP) is 2.35. The van der Waals surface area contributed by atoms with Crippen molar-refractivity contribution in [2.24, 2.45) is 0 Å². The lowest BCUT2D eigenvalue weighted by Crippen LogP contribution is -1.99. The maximum Gasteiger partial charge on any atom is 0.337 e. The lowest BCUT2D eigenvalue weighted by atomic mass is 10.2. The molecule has 0 aliphatic heterocycles. The number of carbonyl (C=O) groups excluding carboxylic acids is 1. The van der Waals surface area contributed by atoms with E-state index in [1.165, 1.54) is 7.11 Å². The van der Waals surface area contributed by atoms with Crippen LogP contribution in [-0.4, -0.2) is 24.2 Å². The number of aromatic carboxylic acids is 1. The van der Waals surface area contributed by atoms with Crippen LogP contribution in [0.15, 0.2) is 60.7 Å². The van der Waals surface area contributed by atoms with Gasteiger partial charge in [-0.2, -0.15) is 0 Å². The molecule has 0 saturated carbocycles. The number of carboxylic acid groups (broad SMARTS) is 1. The highest BCUT2D eigenvalue weighted by Crippen LogP contribution is 1.99. The predicted molar refractivity (Wildman–Crippen MR) is 81.3 cm³/mol. The van der Waals surface area contributed by atoms with Crippen molar-refractivity contribution >= 4 is 23.5 Å². The van der Waals surface area contributed by atoms with Gasteiger partial charge in [0.05, 0.1) is 18.2 Å². The molecule has 0 aliphatic rings. The van der Waals surface area contributed by atoms with Crippen molar-refractivity contribution in [2.45, 2.75) is 0 Å². The highest BCUT2D eigenvalue weighted by molar-refractivity contribution is 7.51. The molecule has 0 aromatic heterocycles. The fraction of sp³-hybridized carbons (Fsp3) is 0.0667. The van der Waals surface area contributed by atoms with Gasteiger partial charge in [0.25, 0.3) is 0 Å². The number of rotatable bonds is 2. The van der Waals surface area contributed by atoms with Crippen LogP contribution in [0.2, 0.25) is 0 Å². The average molecular weight is 323 g/mol. The zero-order valence-corrected chi connectivity index (χ0v) is 12.6. The SMILES string of the molecule is COC(=O)c1ccccc1.O=C(O)c1ccccc1.O=[SH-]=O. The summed E-state index contributed by atoms with van der Waals surface area (Å²) in [4.78, 5) is 21.0. The maximum atomic E-state index is 10.8. The van der Waals surface area contributed by atoms with Crippen molar-refractivity contribution in [3.63, 3.8) is 0 Å². The average Bonchev–Trinajstić information content (AvgIpc) is 2.57. The standard InChI is InChI=1S/C8H8O2.C7H6O2.HO2S/c1-10-8(9)7-5-3-2-4-6-7;8-7(9)6-4-2-1-3-5-6;1-3-2/h2-6H,1H3;1-5H,(H,8,9);3H/q;;-1. The molecule has 1 N–H and O–H groups in total. The molecule has 0 atom stereocenters. The first-order valence-electron chi connectivity index (χ1n) is 5.93. The van der Waals surface area contributed by atoms with Crippen LogP contribution in [0.25, 0.3) is 0 Å². The number of methoxy groups -OCH3 is 1. The lowest BCUT2D eigenvalue weighted by Gasteiger charge is -1.95. The zero-order valence-electron chi connectivity index (χ0n) is 11.7. The second-order valence-corrected chi connectivity index (χ2v) is 3.75. The summed E-state index contributed by atoms with van der Waals surface area (Å²) in [7, 11) is 1.37. The van der Waals surface area contributed by atoms with Gasteiger partial charge in [-0.15, -0.1) is 0 Å². The summed E-state index contributed by atoms with van der Waals surface area (Å²) >= 11 is -1.08. The first-order valence-corrected chi connectivity index (χ1v) is 6.66. The number of esters is 1. The van der Waals surface area contributed by atoms with E-state index in [0.29, 0.717) is 11.1 Å². The molecule has 0 amide bonds. The highest BCUT2D eigenvalue weighted by atomic mass is 32.1. The van der Waals surface area contributed by atoms with Crippen LogP contribution in [0.1, 0.15) is 20.7 Å². The monoisotopic (exact) mass is 323 g/mol. The molecule has 0 radical (unpaired) electrons. The molecule has 0 fully saturated rings. The van der Waals surface area contributed by atoms with E-state index in [1.807, 2.05) is 6.07 Å². The molecule has 2 aromatic carbocycles. The molecule has 0 heterocycles. The first-order chi connectivity index (χ1) is 10.6. The second-order valence-electron chi connectivity index (χ2n) is 3.60. The van der Waals surface area contributed by atoms with Crippen molar-refractivity contribution in [3.05, 3.63) is 71.8 Å². The third-order valence-corrected chi connectivity index (χ3v) is 2.22. The molecule has 2 rings (SSSR count). The van der Waals surface area contributed by atoms with Crippen LogP contribution in [0.5, 0.6) is 0 Å². The van der Waals surface area contributed by atoms with Gasteiger partial charge in [0, 0.05) is 0 Å². The summed E-state index contributed by atoms with van der Waals surface area (Å²) in [6.07, 6.45) is 0. The van der Waals surface area contributed by atoms with Crippen molar-refractivity contribution in [1.29, 1.82) is 0 Å².